The summed E-state index contributed by atoms with van der Waals surface area (Å²) in [6, 6.07) is 3.41. The minimum absolute atomic E-state index is 0.0545. The number of nitrogens with one attached hydrogen (secondary N) is 4. The molecule has 13 heteroatoms. The monoisotopic (exact) mass is 544 g/mol. The molecule has 0 radical (unpaired) electrons. The molecule has 5 unspecified atom stereocenters. The van der Waals surface area contributed by atoms with Gasteiger partial charge in [0, 0.05) is 30.1 Å². The molecule has 0 fully saturated rings. The van der Waals surface area contributed by atoms with Crippen LogP contribution in [0.1, 0.15) is 45.6 Å². The quantitative estimate of drug-likeness (QED) is 0.0840. The zero-order valence-electron chi connectivity index (χ0n) is 22.6. The molecule has 214 valence electrons. The molecule has 5 atom stereocenters. The van der Waals surface area contributed by atoms with Gasteiger partial charge in [-0.1, -0.05) is 38.5 Å². The standard InChI is InChI=1S/C26H40N8O5/c1-4-14(2)21(24(37)32-15(3)25(38)39)34-23(36)20(12-16-13-31-19-10-6-5-8-17(16)19)33-22(35)18(27)9-7-11-30-26(28)29/h5-6,8,10,13-15,18,20-21,31H,4,7,9,11-12,27H2,1-3H3,(H,32,37)(H,33,35)(H,34,36)(H,38,39)(H4,28,29,30). The Kier molecular flexibility index (Phi) is 11.7. The highest BCUT2D eigenvalue weighted by Gasteiger charge is 2.32. The van der Waals surface area contributed by atoms with E-state index in [9.17, 15) is 24.3 Å². The minimum Gasteiger partial charge on any atom is -0.480 e. The van der Waals surface area contributed by atoms with Crippen molar-refractivity contribution in [3.05, 3.63) is 36.0 Å². The molecule has 0 aliphatic rings. The number of carboxylic acids is 1. The van der Waals surface area contributed by atoms with Crippen molar-refractivity contribution >= 4 is 40.6 Å². The van der Waals surface area contributed by atoms with E-state index in [0.717, 1.165) is 16.5 Å². The van der Waals surface area contributed by atoms with Gasteiger partial charge in [0.05, 0.1) is 6.04 Å². The molecule has 3 amide bonds. The Bertz CT molecular complexity index is 1180. The molecule has 11 N–H and O–H groups in total. The van der Waals surface area contributed by atoms with Gasteiger partial charge in [0.1, 0.15) is 18.1 Å². The van der Waals surface area contributed by atoms with Crippen LogP contribution in [-0.4, -0.2) is 70.5 Å². The summed E-state index contributed by atoms with van der Waals surface area (Å²) in [7, 11) is 0. The molecule has 2 aromatic rings. The van der Waals surface area contributed by atoms with Crippen LogP contribution in [0.25, 0.3) is 10.9 Å². The maximum atomic E-state index is 13.5. The van der Waals surface area contributed by atoms with E-state index in [1.54, 1.807) is 13.1 Å². The number of benzene rings is 1. The fourth-order valence-electron chi connectivity index (χ4n) is 3.98. The second kappa shape index (κ2) is 14.7. The number of nitrogens with two attached hydrogens (primary N) is 3. The highest BCUT2D eigenvalue weighted by molar-refractivity contribution is 5.95. The summed E-state index contributed by atoms with van der Waals surface area (Å²) >= 11 is 0. The smallest absolute Gasteiger partial charge is 0.325 e. The third kappa shape index (κ3) is 9.28. The zero-order valence-corrected chi connectivity index (χ0v) is 22.6. The molecule has 0 saturated heterocycles. The number of carbonyl (C=O) groups is 4. The highest BCUT2D eigenvalue weighted by Crippen LogP contribution is 2.19. The van der Waals surface area contributed by atoms with Crippen LogP contribution in [0.2, 0.25) is 0 Å². The van der Waals surface area contributed by atoms with Crippen molar-refractivity contribution in [1.29, 1.82) is 0 Å². The van der Waals surface area contributed by atoms with Gasteiger partial charge in [-0.15, -0.1) is 0 Å². The fraction of sp³-hybridized carbons (Fsp3) is 0.500. The number of aromatic amines is 1. The Labute approximate surface area is 227 Å². The topological polar surface area (TPSA) is 231 Å². The molecule has 1 aromatic carbocycles. The van der Waals surface area contributed by atoms with Crippen LogP contribution in [0.4, 0.5) is 0 Å². The summed E-state index contributed by atoms with van der Waals surface area (Å²) in [5.74, 6) is -3.32. The number of carbonyl (C=O) groups excluding carboxylic acids is 3. The summed E-state index contributed by atoms with van der Waals surface area (Å²) in [4.78, 5) is 57.7. The number of amides is 3. The van der Waals surface area contributed by atoms with E-state index >= 15 is 0 Å². The number of fused-ring (bicyclic) bond motifs is 1. The van der Waals surface area contributed by atoms with E-state index in [0.29, 0.717) is 19.4 Å². The van der Waals surface area contributed by atoms with E-state index in [4.69, 9.17) is 17.2 Å². The van der Waals surface area contributed by atoms with Crippen LogP contribution < -0.4 is 33.2 Å². The van der Waals surface area contributed by atoms with Gasteiger partial charge >= 0.3 is 5.97 Å². The lowest BCUT2D eigenvalue weighted by atomic mass is 9.96. The van der Waals surface area contributed by atoms with Crippen molar-refractivity contribution in [3.63, 3.8) is 0 Å². The lowest BCUT2D eigenvalue weighted by molar-refractivity contribution is -0.142. The van der Waals surface area contributed by atoms with Crippen molar-refractivity contribution in [3.8, 4) is 0 Å². The number of aliphatic carboxylic acids is 1. The predicted octanol–water partition coefficient (Wildman–Crippen LogP) is -0.304. The molecule has 1 heterocycles. The summed E-state index contributed by atoms with van der Waals surface area (Å²) < 4.78 is 0. The number of aliphatic imine (C=N–C) groups is 1. The third-order valence-electron chi connectivity index (χ3n) is 6.56. The van der Waals surface area contributed by atoms with Crippen molar-refractivity contribution < 1.29 is 24.3 Å². The van der Waals surface area contributed by atoms with Crippen LogP contribution >= 0.6 is 0 Å². The number of rotatable bonds is 15. The van der Waals surface area contributed by atoms with Gasteiger partial charge in [-0.2, -0.15) is 0 Å². The van der Waals surface area contributed by atoms with E-state index < -0.39 is 47.9 Å². The molecular weight excluding hydrogens is 504 g/mol. The summed E-state index contributed by atoms with van der Waals surface area (Å²) in [5, 5.41) is 17.9. The van der Waals surface area contributed by atoms with Crippen LogP contribution in [-0.2, 0) is 25.6 Å². The average Bonchev–Trinajstić information content (AvgIpc) is 3.30. The first-order valence-corrected chi connectivity index (χ1v) is 12.9. The number of hydrogen-bond donors (Lipinski definition) is 8. The largest absolute Gasteiger partial charge is 0.480 e. The number of guanidine groups is 1. The molecule has 0 bridgehead atoms. The lowest BCUT2D eigenvalue weighted by Crippen LogP contribution is -2.58. The van der Waals surface area contributed by atoms with Crippen LogP contribution in [0, 0.1) is 5.92 Å². The number of aromatic nitrogens is 1. The molecule has 39 heavy (non-hydrogen) atoms. The van der Waals surface area contributed by atoms with Crippen molar-refractivity contribution in [1.82, 2.24) is 20.9 Å². The first-order chi connectivity index (χ1) is 18.4. The van der Waals surface area contributed by atoms with Gasteiger partial charge in [-0.3, -0.25) is 24.2 Å². The third-order valence-corrected chi connectivity index (χ3v) is 6.56. The molecule has 13 nitrogen and oxygen atoms in total. The number of carboxylic acid groups (broad SMARTS) is 1. The van der Waals surface area contributed by atoms with Crippen LogP contribution in [0.15, 0.2) is 35.5 Å². The first-order valence-electron chi connectivity index (χ1n) is 12.9. The molecule has 1 aromatic heterocycles. The van der Waals surface area contributed by atoms with E-state index in [1.807, 2.05) is 31.2 Å². The minimum atomic E-state index is -1.20. The SMILES string of the molecule is CCC(C)C(NC(=O)C(Cc1c[nH]c2ccccc12)NC(=O)C(N)CCCN=C(N)N)C(=O)NC(C)C(=O)O. The fourth-order valence-corrected chi connectivity index (χ4v) is 3.98. The Hall–Kier alpha value is -4.13. The summed E-state index contributed by atoms with van der Waals surface area (Å²) in [6.07, 6.45) is 3.18. The summed E-state index contributed by atoms with van der Waals surface area (Å²) in [5.41, 5.74) is 18.4. The molecule has 0 spiro atoms. The second-order valence-electron chi connectivity index (χ2n) is 9.62. The van der Waals surface area contributed by atoms with Crippen molar-refractivity contribution in [2.24, 2.45) is 28.1 Å². The Morgan fingerprint density at radius 1 is 1.03 bits per heavy atom. The normalized spacial score (nSPS) is 14.9. The van der Waals surface area contributed by atoms with Gasteiger partial charge in [0.25, 0.3) is 0 Å². The highest BCUT2D eigenvalue weighted by atomic mass is 16.4. The van der Waals surface area contributed by atoms with Gasteiger partial charge in [-0.25, -0.2) is 0 Å². The summed E-state index contributed by atoms with van der Waals surface area (Å²) in [6.45, 7) is 5.27. The maximum absolute atomic E-state index is 13.5. The number of para-hydroxylation sites is 1. The predicted molar refractivity (Wildman–Crippen MR) is 148 cm³/mol. The Balaban J connectivity index is 2.25. The Morgan fingerprint density at radius 3 is 2.36 bits per heavy atom. The Morgan fingerprint density at radius 2 is 1.72 bits per heavy atom. The first kappa shape index (κ1) is 31.1. The van der Waals surface area contributed by atoms with Crippen LogP contribution in [0.3, 0.4) is 0 Å². The van der Waals surface area contributed by atoms with Crippen LogP contribution in [0.5, 0.6) is 0 Å². The van der Waals surface area contributed by atoms with Gasteiger partial charge < -0.3 is 43.2 Å². The van der Waals surface area contributed by atoms with E-state index in [1.165, 1.54) is 6.92 Å². The van der Waals surface area contributed by atoms with Crippen molar-refractivity contribution in [2.75, 3.05) is 6.54 Å². The number of nitrogens with zero attached hydrogens (tertiary/aromatic N) is 1. The molecule has 0 saturated carbocycles. The molecule has 0 aliphatic heterocycles. The van der Waals surface area contributed by atoms with Gasteiger partial charge in [0.15, 0.2) is 5.96 Å². The average molecular weight is 545 g/mol. The second-order valence-corrected chi connectivity index (χ2v) is 9.62. The van der Waals surface area contributed by atoms with E-state index in [-0.39, 0.29) is 24.7 Å². The maximum Gasteiger partial charge on any atom is 0.325 e. The van der Waals surface area contributed by atoms with Gasteiger partial charge in [0.2, 0.25) is 17.7 Å². The zero-order chi connectivity index (χ0) is 29.1. The van der Waals surface area contributed by atoms with Gasteiger partial charge in [-0.05, 0) is 37.3 Å². The van der Waals surface area contributed by atoms with E-state index in [2.05, 4.69) is 25.9 Å². The number of hydrogen-bond acceptors (Lipinski definition) is 6. The lowest BCUT2D eigenvalue weighted by Gasteiger charge is -2.27. The molecule has 0 aliphatic carbocycles. The number of H-pyrrole nitrogens is 1. The molecular formula is C26H40N8O5. The van der Waals surface area contributed by atoms with Crippen molar-refractivity contribution in [2.45, 2.75) is 70.6 Å². The molecule has 2 rings (SSSR count).